The maximum atomic E-state index is 12.3. The van der Waals surface area contributed by atoms with E-state index in [-0.39, 0.29) is 24.7 Å². The zero-order chi connectivity index (χ0) is 14.3. The van der Waals surface area contributed by atoms with Crippen LogP contribution in [0.1, 0.15) is 5.56 Å². The van der Waals surface area contributed by atoms with Gasteiger partial charge in [-0.2, -0.15) is 8.78 Å². The van der Waals surface area contributed by atoms with Crippen molar-refractivity contribution in [3.63, 3.8) is 0 Å². The van der Waals surface area contributed by atoms with Crippen molar-refractivity contribution in [2.45, 2.75) is 13.2 Å². The summed E-state index contributed by atoms with van der Waals surface area (Å²) in [6.45, 7) is -2.69. The molecule has 0 saturated carbocycles. The van der Waals surface area contributed by atoms with Gasteiger partial charge in [-0.15, -0.1) is 0 Å². The Morgan fingerprint density at radius 2 is 2.16 bits per heavy atom. The Bertz CT molecular complexity index is 427. The highest BCUT2D eigenvalue weighted by atomic mass is 19.3. The average molecular weight is 274 g/mol. The standard InChI is InChI=1S/C12H16F2N2O3/c1-15-7-11(17)16-6-8-5-9(18-2)3-4-10(8)19-12(13)14/h3-5,12,15H,6-7H2,1-2H3,(H,16,17). The SMILES string of the molecule is CNCC(=O)NCc1cc(OC)ccc1OC(F)F. The molecule has 0 bridgehead atoms. The Balaban J connectivity index is 2.79. The summed E-state index contributed by atoms with van der Waals surface area (Å²) in [4.78, 5) is 11.3. The van der Waals surface area contributed by atoms with E-state index in [1.54, 1.807) is 7.05 Å². The predicted octanol–water partition coefficient (Wildman–Crippen LogP) is 1.13. The Morgan fingerprint density at radius 3 is 2.74 bits per heavy atom. The van der Waals surface area contributed by atoms with Crippen molar-refractivity contribution < 1.29 is 23.0 Å². The first-order valence-corrected chi connectivity index (χ1v) is 5.60. The minimum atomic E-state index is -2.92. The molecule has 0 fully saturated rings. The van der Waals surface area contributed by atoms with E-state index >= 15 is 0 Å². The summed E-state index contributed by atoms with van der Waals surface area (Å²) in [5.74, 6) is 0.272. The predicted molar refractivity (Wildman–Crippen MR) is 65.4 cm³/mol. The van der Waals surface area contributed by atoms with Gasteiger partial charge in [0.2, 0.25) is 5.91 Å². The second-order valence-corrected chi connectivity index (χ2v) is 3.66. The molecule has 1 aromatic rings. The minimum absolute atomic E-state index is 0.0144. The largest absolute Gasteiger partial charge is 0.497 e. The molecule has 0 aliphatic heterocycles. The first kappa shape index (κ1) is 15.2. The molecule has 5 nitrogen and oxygen atoms in total. The molecule has 0 spiro atoms. The molecule has 1 rings (SSSR count). The van der Waals surface area contributed by atoms with Gasteiger partial charge in [-0.1, -0.05) is 0 Å². The Hall–Kier alpha value is -1.89. The Morgan fingerprint density at radius 1 is 1.42 bits per heavy atom. The van der Waals surface area contributed by atoms with E-state index < -0.39 is 6.61 Å². The minimum Gasteiger partial charge on any atom is -0.497 e. The normalized spacial score (nSPS) is 10.4. The number of carbonyl (C=O) groups excluding carboxylic acids is 1. The molecule has 0 unspecified atom stereocenters. The summed E-state index contributed by atoms with van der Waals surface area (Å²) in [5, 5.41) is 5.27. The Labute approximate surface area is 109 Å². The van der Waals surface area contributed by atoms with Gasteiger partial charge >= 0.3 is 6.61 Å². The van der Waals surface area contributed by atoms with Crippen molar-refractivity contribution in [2.75, 3.05) is 20.7 Å². The van der Waals surface area contributed by atoms with Crippen LogP contribution in [0.3, 0.4) is 0 Å². The van der Waals surface area contributed by atoms with Crippen molar-refractivity contribution in [3.8, 4) is 11.5 Å². The lowest BCUT2D eigenvalue weighted by atomic mass is 10.2. The van der Waals surface area contributed by atoms with E-state index in [0.717, 1.165) is 0 Å². The lowest BCUT2D eigenvalue weighted by molar-refractivity contribution is -0.120. The summed E-state index contributed by atoms with van der Waals surface area (Å²) in [7, 11) is 3.10. The first-order chi connectivity index (χ1) is 9.06. The van der Waals surface area contributed by atoms with Crippen LogP contribution in [0.4, 0.5) is 8.78 Å². The highest BCUT2D eigenvalue weighted by Crippen LogP contribution is 2.25. The lowest BCUT2D eigenvalue weighted by Crippen LogP contribution is -2.31. The van der Waals surface area contributed by atoms with Gasteiger partial charge in [0.25, 0.3) is 0 Å². The lowest BCUT2D eigenvalue weighted by Gasteiger charge is -2.13. The van der Waals surface area contributed by atoms with Gasteiger partial charge in [-0.25, -0.2) is 0 Å². The van der Waals surface area contributed by atoms with Crippen molar-refractivity contribution >= 4 is 5.91 Å². The molecule has 19 heavy (non-hydrogen) atoms. The van der Waals surface area contributed by atoms with E-state index in [1.807, 2.05) is 0 Å². The summed E-state index contributed by atoms with van der Waals surface area (Å²) in [6.07, 6.45) is 0. The molecule has 106 valence electrons. The molecule has 0 aliphatic rings. The number of methoxy groups -OCH3 is 1. The van der Waals surface area contributed by atoms with Crippen molar-refractivity contribution in [3.05, 3.63) is 23.8 Å². The van der Waals surface area contributed by atoms with Crippen molar-refractivity contribution in [1.29, 1.82) is 0 Å². The molecule has 1 amide bonds. The van der Waals surface area contributed by atoms with E-state index in [9.17, 15) is 13.6 Å². The topological polar surface area (TPSA) is 59.6 Å². The van der Waals surface area contributed by atoms with Gasteiger partial charge < -0.3 is 20.1 Å². The molecule has 0 aliphatic carbocycles. The number of alkyl halides is 2. The second kappa shape index (κ2) is 7.52. The average Bonchev–Trinajstić information content (AvgIpc) is 2.37. The molecular weight excluding hydrogens is 258 g/mol. The van der Waals surface area contributed by atoms with Crippen LogP contribution in [-0.4, -0.2) is 33.2 Å². The number of hydrogen-bond acceptors (Lipinski definition) is 4. The molecule has 1 aromatic carbocycles. The number of carbonyl (C=O) groups is 1. The molecule has 0 saturated heterocycles. The van der Waals surface area contributed by atoms with Crippen LogP contribution in [-0.2, 0) is 11.3 Å². The maximum absolute atomic E-state index is 12.3. The first-order valence-electron chi connectivity index (χ1n) is 5.60. The van der Waals surface area contributed by atoms with Crippen molar-refractivity contribution in [2.24, 2.45) is 0 Å². The highest BCUT2D eigenvalue weighted by Gasteiger charge is 2.11. The van der Waals surface area contributed by atoms with E-state index in [2.05, 4.69) is 15.4 Å². The van der Waals surface area contributed by atoms with E-state index in [0.29, 0.717) is 11.3 Å². The highest BCUT2D eigenvalue weighted by molar-refractivity contribution is 5.78. The van der Waals surface area contributed by atoms with E-state index in [4.69, 9.17) is 4.74 Å². The molecule has 2 N–H and O–H groups in total. The summed E-state index contributed by atoms with van der Waals surface area (Å²) < 4.78 is 33.9. The molecule has 7 heteroatoms. The summed E-state index contributed by atoms with van der Waals surface area (Å²) in [5.41, 5.74) is 0.420. The van der Waals surface area contributed by atoms with E-state index in [1.165, 1.54) is 25.3 Å². The number of halogens is 2. The summed E-state index contributed by atoms with van der Waals surface area (Å²) >= 11 is 0. The monoisotopic (exact) mass is 274 g/mol. The number of nitrogens with one attached hydrogen (secondary N) is 2. The van der Waals surface area contributed by atoms with Gasteiger partial charge in [0, 0.05) is 12.1 Å². The maximum Gasteiger partial charge on any atom is 0.387 e. The van der Waals surface area contributed by atoms with Crippen LogP contribution in [0.25, 0.3) is 0 Å². The quantitative estimate of drug-likeness (QED) is 0.782. The van der Waals surface area contributed by atoms with Gasteiger partial charge in [-0.3, -0.25) is 4.79 Å². The third kappa shape index (κ3) is 5.09. The van der Waals surface area contributed by atoms with Gasteiger partial charge in [0.1, 0.15) is 11.5 Å². The van der Waals surface area contributed by atoms with Gasteiger partial charge in [0.15, 0.2) is 0 Å². The number of hydrogen-bond donors (Lipinski definition) is 2. The number of ether oxygens (including phenoxy) is 2. The van der Waals surface area contributed by atoms with Crippen LogP contribution in [0.2, 0.25) is 0 Å². The van der Waals surface area contributed by atoms with Crippen LogP contribution in [0.15, 0.2) is 18.2 Å². The molecule has 0 aromatic heterocycles. The van der Waals surface area contributed by atoms with Crippen LogP contribution >= 0.6 is 0 Å². The molecule has 0 atom stereocenters. The Kier molecular flexibility index (Phi) is 6.01. The molecule has 0 radical (unpaired) electrons. The third-order valence-electron chi connectivity index (χ3n) is 2.30. The van der Waals surface area contributed by atoms with Gasteiger partial charge in [0.05, 0.1) is 13.7 Å². The second-order valence-electron chi connectivity index (χ2n) is 3.66. The zero-order valence-corrected chi connectivity index (χ0v) is 10.7. The van der Waals surface area contributed by atoms with Crippen LogP contribution in [0, 0.1) is 0 Å². The molecule has 0 heterocycles. The molecular formula is C12H16F2N2O3. The summed E-state index contributed by atoms with van der Waals surface area (Å²) in [6, 6.07) is 4.43. The van der Waals surface area contributed by atoms with Crippen LogP contribution < -0.4 is 20.1 Å². The fraction of sp³-hybridized carbons (Fsp3) is 0.417. The number of amides is 1. The smallest absolute Gasteiger partial charge is 0.387 e. The number of benzene rings is 1. The van der Waals surface area contributed by atoms with Crippen molar-refractivity contribution in [1.82, 2.24) is 10.6 Å². The number of likely N-dealkylation sites (N-methyl/N-ethyl adjacent to an activating group) is 1. The third-order valence-corrected chi connectivity index (χ3v) is 2.30. The van der Waals surface area contributed by atoms with Gasteiger partial charge in [-0.05, 0) is 25.2 Å². The zero-order valence-electron chi connectivity index (χ0n) is 10.7. The number of rotatable bonds is 7. The fourth-order valence-corrected chi connectivity index (χ4v) is 1.45. The fourth-order valence-electron chi connectivity index (χ4n) is 1.45. The van der Waals surface area contributed by atoms with Crippen LogP contribution in [0.5, 0.6) is 11.5 Å².